The van der Waals surface area contributed by atoms with Crippen molar-refractivity contribution in [3.63, 3.8) is 0 Å². The first kappa shape index (κ1) is 17.2. The van der Waals surface area contributed by atoms with Gasteiger partial charge in [-0.2, -0.15) is 13.2 Å². The molecule has 0 radical (unpaired) electrons. The van der Waals surface area contributed by atoms with E-state index >= 15 is 0 Å². The number of carbonyl (C=O) groups excluding carboxylic acids is 1. The summed E-state index contributed by atoms with van der Waals surface area (Å²) in [5, 5.41) is 5.84. The monoisotopic (exact) mass is 295 g/mol. The highest BCUT2D eigenvalue weighted by Crippen LogP contribution is 2.21. The van der Waals surface area contributed by atoms with Gasteiger partial charge in [0.1, 0.15) is 0 Å². The highest BCUT2D eigenvalue weighted by atomic mass is 19.4. The lowest BCUT2D eigenvalue weighted by molar-refractivity contribution is -0.153. The average molecular weight is 295 g/mol. The van der Waals surface area contributed by atoms with E-state index in [1.165, 1.54) is 4.90 Å². The fraction of sp³-hybridized carbons (Fsp3) is 0.923. The smallest absolute Gasteiger partial charge is 0.354 e. The Morgan fingerprint density at radius 1 is 1.35 bits per heavy atom. The molecule has 0 bridgehead atoms. The number of halogens is 3. The summed E-state index contributed by atoms with van der Waals surface area (Å²) in [4.78, 5) is 13.0. The zero-order valence-electron chi connectivity index (χ0n) is 12.1. The number of nitrogens with one attached hydrogen (secondary N) is 2. The van der Waals surface area contributed by atoms with Gasteiger partial charge in [0.25, 0.3) is 0 Å². The molecular formula is C13H24F3N3O. The van der Waals surface area contributed by atoms with E-state index in [9.17, 15) is 18.0 Å². The predicted octanol–water partition coefficient (Wildman–Crippen LogP) is 1.52. The first-order valence-corrected chi connectivity index (χ1v) is 7.09. The topological polar surface area (TPSA) is 44.4 Å². The highest BCUT2D eigenvalue weighted by Gasteiger charge is 2.34. The van der Waals surface area contributed by atoms with Crippen LogP contribution in [0.2, 0.25) is 0 Å². The lowest BCUT2D eigenvalue weighted by atomic mass is 10.0. The summed E-state index contributed by atoms with van der Waals surface area (Å²) in [7, 11) is 0. The van der Waals surface area contributed by atoms with Gasteiger partial charge in [0.2, 0.25) is 5.91 Å². The van der Waals surface area contributed by atoms with Gasteiger partial charge in [-0.1, -0.05) is 0 Å². The molecule has 2 N–H and O–H groups in total. The quantitative estimate of drug-likeness (QED) is 0.781. The molecule has 0 atom stereocenters. The maximum absolute atomic E-state index is 12.6. The third-order valence-electron chi connectivity index (χ3n) is 3.28. The van der Waals surface area contributed by atoms with Crippen LogP contribution in [0.3, 0.4) is 0 Å². The Morgan fingerprint density at radius 2 is 1.95 bits per heavy atom. The summed E-state index contributed by atoms with van der Waals surface area (Å²) in [6.45, 7) is 4.35. The van der Waals surface area contributed by atoms with E-state index in [1.807, 2.05) is 13.8 Å². The number of amides is 1. The average Bonchev–Trinajstić information content (AvgIpc) is 2.33. The van der Waals surface area contributed by atoms with Crippen LogP contribution in [-0.2, 0) is 4.79 Å². The number of carbonyl (C=O) groups is 1. The first-order valence-electron chi connectivity index (χ1n) is 7.09. The predicted molar refractivity (Wildman–Crippen MR) is 71.4 cm³/mol. The maximum Gasteiger partial charge on any atom is 0.401 e. The van der Waals surface area contributed by atoms with E-state index in [0.717, 1.165) is 13.1 Å². The van der Waals surface area contributed by atoms with Crippen LogP contribution < -0.4 is 10.6 Å². The van der Waals surface area contributed by atoms with Crippen molar-refractivity contribution in [2.45, 2.75) is 51.4 Å². The van der Waals surface area contributed by atoms with Crippen molar-refractivity contribution in [1.82, 2.24) is 15.5 Å². The largest absolute Gasteiger partial charge is 0.401 e. The van der Waals surface area contributed by atoms with Gasteiger partial charge in [-0.05, 0) is 39.8 Å². The van der Waals surface area contributed by atoms with Gasteiger partial charge in [-0.3, -0.25) is 9.69 Å². The summed E-state index contributed by atoms with van der Waals surface area (Å²) in [5.74, 6) is -0.193. The van der Waals surface area contributed by atoms with Gasteiger partial charge in [0.15, 0.2) is 0 Å². The molecule has 1 amide bonds. The van der Waals surface area contributed by atoms with E-state index in [4.69, 9.17) is 0 Å². The molecule has 0 aromatic carbocycles. The summed E-state index contributed by atoms with van der Waals surface area (Å²) < 4.78 is 37.9. The number of rotatable bonds is 6. The Bertz CT molecular complexity index is 302. The van der Waals surface area contributed by atoms with Gasteiger partial charge in [-0.15, -0.1) is 0 Å². The lowest BCUT2D eigenvalue weighted by Crippen LogP contribution is -2.48. The van der Waals surface area contributed by atoms with Crippen LogP contribution in [0.4, 0.5) is 13.2 Å². The standard InChI is InChI=1S/C13H24F3N3O/c1-10(2)18-12(20)5-8-19(9-13(14,15)16)11-3-6-17-7-4-11/h10-11,17H,3-9H2,1-2H3,(H,18,20). The van der Waals surface area contributed by atoms with Crippen LogP contribution in [0, 0.1) is 0 Å². The maximum atomic E-state index is 12.6. The molecule has 0 spiro atoms. The van der Waals surface area contributed by atoms with Gasteiger partial charge in [0, 0.05) is 25.0 Å². The van der Waals surface area contributed by atoms with E-state index in [-0.39, 0.29) is 31.0 Å². The molecule has 4 nitrogen and oxygen atoms in total. The molecule has 7 heteroatoms. The second-order valence-corrected chi connectivity index (χ2v) is 5.54. The van der Waals surface area contributed by atoms with E-state index in [1.54, 1.807) is 0 Å². The molecular weight excluding hydrogens is 271 g/mol. The lowest BCUT2D eigenvalue weighted by Gasteiger charge is -2.35. The first-order chi connectivity index (χ1) is 9.28. The van der Waals surface area contributed by atoms with E-state index in [0.29, 0.717) is 12.8 Å². The van der Waals surface area contributed by atoms with Gasteiger partial charge in [0.05, 0.1) is 6.54 Å². The number of hydrogen-bond acceptors (Lipinski definition) is 3. The third-order valence-corrected chi connectivity index (χ3v) is 3.28. The third kappa shape index (κ3) is 7.09. The summed E-state index contributed by atoms with van der Waals surface area (Å²) in [5.41, 5.74) is 0. The van der Waals surface area contributed by atoms with Crippen molar-refractivity contribution < 1.29 is 18.0 Å². The van der Waals surface area contributed by atoms with Crippen LogP contribution in [0.15, 0.2) is 0 Å². The van der Waals surface area contributed by atoms with Gasteiger partial charge < -0.3 is 10.6 Å². The van der Waals surface area contributed by atoms with E-state index < -0.39 is 12.7 Å². The summed E-state index contributed by atoms with van der Waals surface area (Å²) >= 11 is 0. The number of hydrogen-bond donors (Lipinski definition) is 2. The molecule has 118 valence electrons. The van der Waals surface area contributed by atoms with Crippen molar-refractivity contribution in [2.75, 3.05) is 26.2 Å². The zero-order chi connectivity index (χ0) is 15.2. The fourth-order valence-corrected chi connectivity index (χ4v) is 2.43. The minimum absolute atomic E-state index is 0.0115. The van der Waals surface area contributed by atoms with Gasteiger partial charge in [-0.25, -0.2) is 0 Å². The highest BCUT2D eigenvalue weighted by molar-refractivity contribution is 5.76. The van der Waals surface area contributed by atoms with Crippen molar-refractivity contribution >= 4 is 5.91 Å². The second-order valence-electron chi connectivity index (χ2n) is 5.54. The van der Waals surface area contributed by atoms with Crippen molar-refractivity contribution in [1.29, 1.82) is 0 Å². The Labute approximate surface area is 118 Å². The molecule has 20 heavy (non-hydrogen) atoms. The molecule has 0 saturated carbocycles. The van der Waals surface area contributed by atoms with Crippen LogP contribution >= 0.6 is 0 Å². The number of nitrogens with zero attached hydrogens (tertiary/aromatic N) is 1. The SMILES string of the molecule is CC(C)NC(=O)CCN(CC(F)(F)F)C1CCNCC1. The number of alkyl halides is 3. The molecule has 0 aromatic heterocycles. The van der Waals surface area contributed by atoms with Crippen LogP contribution in [-0.4, -0.2) is 55.2 Å². The fourth-order valence-electron chi connectivity index (χ4n) is 2.43. The Hall–Kier alpha value is -0.820. The Morgan fingerprint density at radius 3 is 2.45 bits per heavy atom. The number of piperidine rings is 1. The Kier molecular flexibility index (Phi) is 6.75. The minimum atomic E-state index is -4.22. The van der Waals surface area contributed by atoms with Crippen LogP contribution in [0.1, 0.15) is 33.1 Å². The molecule has 0 aliphatic carbocycles. The molecule has 1 aliphatic rings. The van der Waals surface area contributed by atoms with Gasteiger partial charge >= 0.3 is 6.18 Å². The van der Waals surface area contributed by atoms with Crippen molar-refractivity contribution in [3.8, 4) is 0 Å². The molecule has 1 rings (SSSR count). The molecule has 0 aromatic rings. The van der Waals surface area contributed by atoms with Crippen LogP contribution in [0.5, 0.6) is 0 Å². The van der Waals surface area contributed by atoms with Crippen molar-refractivity contribution in [3.05, 3.63) is 0 Å². The van der Waals surface area contributed by atoms with Crippen molar-refractivity contribution in [2.24, 2.45) is 0 Å². The zero-order valence-corrected chi connectivity index (χ0v) is 12.1. The second kappa shape index (κ2) is 7.83. The minimum Gasteiger partial charge on any atom is -0.354 e. The molecule has 1 saturated heterocycles. The summed E-state index contributed by atoms with van der Waals surface area (Å²) in [6.07, 6.45) is -2.72. The normalized spacial score (nSPS) is 17.8. The Balaban J connectivity index is 2.51. The van der Waals surface area contributed by atoms with E-state index in [2.05, 4.69) is 10.6 Å². The summed E-state index contributed by atoms with van der Waals surface area (Å²) in [6, 6.07) is -0.0813. The van der Waals surface area contributed by atoms with Crippen LogP contribution in [0.25, 0.3) is 0 Å². The molecule has 1 aliphatic heterocycles. The molecule has 0 unspecified atom stereocenters. The molecule has 1 heterocycles. The molecule has 1 fully saturated rings.